The van der Waals surface area contributed by atoms with Gasteiger partial charge in [0, 0.05) is 30.9 Å². The molecule has 0 fully saturated rings. The molecule has 136 valence electrons. The number of ether oxygens (including phenoxy) is 1. The van der Waals surface area contributed by atoms with E-state index < -0.39 is 0 Å². The number of halogens is 1. The van der Waals surface area contributed by atoms with E-state index in [0.29, 0.717) is 25.0 Å². The molecular weight excluding hydrogens is 449 g/mol. The highest BCUT2D eigenvalue weighted by Gasteiger charge is 2.21. The van der Waals surface area contributed by atoms with Crippen LogP contribution < -0.4 is 15.8 Å². The third-order valence-corrected chi connectivity index (χ3v) is 5.15. The minimum Gasteiger partial charge on any atom is -0.493 e. The largest absolute Gasteiger partial charge is 0.493 e. The summed E-state index contributed by atoms with van der Waals surface area (Å²) < 4.78 is 5.66. The number of nitrogens with one attached hydrogen (secondary N) is 1. The van der Waals surface area contributed by atoms with Crippen LogP contribution in [-0.4, -0.2) is 29.3 Å². The maximum Gasteiger partial charge on any atom is 0.189 e. The van der Waals surface area contributed by atoms with Gasteiger partial charge in [-0.3, -0.25) is 4.99 Å². The second kappa shape index (κ2) is 9.33. The topological polar surface area (TPSA) is 85.4 Å². The predicted molar refractivity (Wildman–Crippen MR) is 112 cm³/mol. The van der Waals surface area contributed by atoms with Crippen molar-refractivity contribution in [1.82, 2.24) is 15.5 Å². The summed E-state index contributed by atoms with van der Waals surface area (Å²) in [6, 6.07) is 8.18. The Balaban J connectivity index is 0.00000225. The number of aliphatic imine (C=N–C) groups is 1. The smallest absolute Gasteiger partial charge is 0.189 e. The van der Waals surface area contributed by atoms with Crippen LogP contribution in [0.5, 0.6) is 5.75 Å². The number of nitrogens with zero attached hydrogens (tertiary/aromatic N) is 3. The summed E-state index contributed by atoms with van der Waals surface area (Å²) in [4.78, 5) is 4.42. The number of fused-ring (bicyclic) bond motifs is 1. The quantitative estimate of drug-likeness (QED) is 0.396. The van der Waals surface area contributed by atoms with Gasteiger partial charge in [-0.1, -0.05) is 32.0 Å². The third-order valence-electron chi connectivity index (χ3n) is 3.86. The number of aromatic nitrogens is 2. The van der Waals surface area contributed by atoms with Gasteiger partial charge in [-0.05, 0) is 6.07 Å². The summed E-state index contributed by atoms with van der Waals surface area (Å²) >= 11 is 1.65. The van der Waals surface area contributed by atoms with E-state index in [1.807, 2.05) is 18.2 Å². The zero-order valence-corrected chi connectivity index (χ0v) is 17.6. The number of benzene rings is 1. The van der Waals surface area contributed by atoms with E-state index in [-0.39, 0.29) is 30.0 Å². The summed E-state index contributed by atoms with van der Waals surface area (Å²) in [5.74, 6) is 1.80. The van der Waals surface area contributed by atoms with Crippen molar-refractivity contribution in [3.05, 3.63) is 39.8 Å². The minimum absolute atomic E-state index is 0. The first-order valence-corrected chi connectivity index (χ1v) is 9.05. The van der Waals surface area contributed by atoms with Gasteiger partial charge < -0.3 is 15.8 Å². The van der Waals surface area contributed by atoms with Gasteiger partial charge in [-0.15, -0.1) is 45.5 Å². The Hall–Kier alpha value is -1.42. The molecule has 6 nitrogen and oxygen atoms in total. The number of nitrogens with two attached hydrogens (primary N) is 1. The first kappa shape index (κ1) is 19.9. The van der Waals surface area contributed by atoms with Crippen LogP contribution in [-0.2, 0) is 6.42 Å². The number of guanidine groups is 1. The van der Waals surface area contributed by atoms with Crippen molar-refractivity contribution in [3.63, 3.8) is 0 Å². The zero-order chi connectivity index (χ0) is 16.9. The maximum absolute atomic E-state index is 6.04. The Kier molecular flexibility index (Phi) is 7.42. The molecule has 0 amide bonds. The van der Waals surface area contributed by atoms with Gasteiger partial charge >= 0.3 is 0 Å². The summed E-state index contributed by atoms with van der Waals surface area (Å²) in [6.45, 7) is 5.54. The molecule has 0 aliphatic carbocycles. The molecule has 0 radical (unpaired) electrons. The molecule has 25 heavy (non-hydrogen) atoms. The van der Waals surface area contributed by atoms with E-state index in [9.17, 15) is 0 Å². The lowest BCUT2D eigenvalue weighted by atomic mass is 10.0. The molecule has 2 heterocycles. The molecule has 0 saturated heterocycles. The molecule has 8 heteroatoms. The second-order valence-electron chi connectivity index (χ2n) is 6.08. The number of para-hydroxylation sites is 1. The van der Waals surface area contributed by atoms with Gasteiger partial charge in [-0.2, -0.15) is 0 Å². The van der Waals surface area contributed by atoms with E-state index in [1.165, 1.54) is 0 Å². The van der Waals surface area contributed by atoms with E-state index in [2.05, 4.69) is 40.4 Å². The minimum atomic E-state index is 0. The zero-order valence-electron chi connectivity index (χ0n) is 14.4. The van der Waals surface area contributed by atoms with E-state index in [0.717, 1.165) is 34.2 Å². The number of hydrogen-bond acceptors (Lipinski definition) is 5. The molecule has 0 spiro atoms. The van der Waals surface area contributed by atoms with Crippen molar-refractivity contribution < 1.29 is 4.74 Å². The highest BCUT2D eigenvalue weighted by molar-refractivity contribution is 14.0. The summed E-state index contributed by atoms with van der Waals surface area (Å²) in [6.07, 6.45) is 1.64. The van der Waals surface area contributed by atoms with Gasteiger partial charge in [0.05, 0.1) is 12.6 Å². The molecule has 1 aromatic carbocycles. The van der Waals surface area contributed by atoms with E-state index >= 15 is 0 Å². The fourth-order valence-electron chi connectivity index (χ4n) is 2.59. The molecule has 0 bridgehead atoms. The van der Waals surface area contributed by atoms with Crippen LogP contribution >= 0.6 is 35.3 Å². The van der Waals surface area contributed by atoms with E-state index in [4.69, 9.17) is 10.5 Å². The summed E-state index contributed by atoms with van der Waals surface area (Å²) in [5.41, 5.74) is 7.18. The lowest BCUT2D eigenvalue weighted by Crippen LogP contribution is -2.37. The van der Waals surface area contributed by atoms with Crippen molar-refractivity contribution in [2.45, 2.75) is 38.6 Å². The average Bonchev–Trinajstić information content (AvgIpc) is 3.04. The lowest BCUT2D eigenvalue weighted by Gasteiger charge is -2.26. The summed E-state index contributed by atoms with van der Waals surface area (Å²) in [5, 5.41) is 13.8. The SMILES string of the molecule is CC(C)c1nnc(CCN=C(N)NC2CCOc3ccccc32)s1.I. The third kappa shape index (κ3) is 5.27. The highest BCUT2D eigenvalue weighted by atomic mass is 127. The van der Waals surface area contributed by atoms with Crippen LogP contribution in [0, 0.1) is 0 Å². The molecule has 0 saturated carbocycles. The van der Waals surface area contributed by atoms with Crippen molar-refractivity contribution in [3.8, 4) is 5.75 Å². The molecule has 3 rings (SSSR count). The van der Waals surface area contributed by atoms with Gasteiger partial charge in [0.25, 0.3) is 0 Å². The van der Waals surface area contributed by atoms with Crippen molar-refractivity contribution in [2.75, 3.05) is 13.2 Å². The van der Waals surface area contributed by atoms with Crippen LogP contribution in [0.2, 0.25) is 0 Å². The first-order chi connectivity index (χ1) is 11.6. The monoisotopic (exact) mass is 473 g/mol. The summed E-state index contributed by atoms with van der Waals surface area (Å²) in [7, 11) is 0. The standard InChI is InChI=1S/C17H23N5OS.HI/c1-11(2)16-22-21-15(24-16)7-9-19-17(18)20-13-8-10-23-14-6-4-3-5-12(13)14;/h3-6,11,13H,7-10H2,1-2H3,(H3,18,19,20);1H. The predicted octanol–water partition coefficient (Wildman–Crippen LogP) is 3.25. The first-order valence-electron chi connectivity index (χ1n) is 8.24. The molecule has 1 atom stereocenters. The Morgan fingerprint density at radius 1 is 1.40 bits per heavy atom. The Bertz CT molecular complexity index is 719. The van der Waals surface area contributed by atoms with Gasteiger partial charge in [0.2, 0.25) is 0 Å². The number of rotatable bonds is 5. The van der Waals surface area contributed by atoms with E-state index in [1.54, 1.807) is 11.3 Å². The van der Waals surface area contributed by atoms with Crippen LogP contribution in [0.15, 0.2) is 29.3 Å². The fourth-order valence-corrected chi connectivity index (χ4v) is 3.42. The Labute approximate surface area is 169 Å². The van der Waals surface area contributed by atoms with Crippen LogP contribution in [0.3, 0.4) is 0 Å². The number of hydrogen-bond donors (Lipinski definition) is 2. The lowest BCUT2D eigenvalue weighted by molar-refractivity contribution is 0.262. The van der Waals surface area contributed by atoms with Gasteiger partial charge in [0.1, 0.15) is 15.8 Å². The molecule has 1 aromatic heterocycles. The average molecular weight is 473 g/mol. The maximum atomic E-state index is 6.04. The Morgan fingerprint density at radius 3 is 2.96 bits per heavy atom. The highest BCUT2D eigenvalue weighted by Crippen LogP contribution is 2.31. The van der Waals surface area contributed by atoms with Crippen LogP contribution in [0.4, 0.5) is 0 Å². The van der Waals surface area contributed by atoms with Gasteiger partial charge in [-0.25, -0.2) is 0 Å². The molecular formula is C17H24IN5OS. The molecule has 3 N–H and O–H groups in total. The van der Waals surface area contributed by atoms with Crippen molar-refractivity contribution in [1.29, 1.82) is 0 Å². The fraction of sp³-hybridized carbons (Fsp3) is 0.471. The van der Waals surface area contributed by atoms with Crippen molar-refractivity contribution >= 4 is 41.3 Å². The molecule has 2 aromatic rings. The molecule has 1 aliphatic heterocycles. The molecule has 1 unspecified atom stereocenters. The van der Waals surface area contributed by atoms with Crippen molar-refractivity contribution in [2.24, 2.45) is 10.7 Å². The Morgan fingerprint density at radius 2 is 2.20 bits per heavy atom. The van der Waals surface area contributed by atoms with Crippen LogP contribution in [0.1, 0.15) is 47.8 Å². The normalized spacial score (nSPS) is 16.8. The molecule has 1 aliphatic rings. The van der Waals surface area contributed by atoms with Gasteiger partial charge in [0.15, 0.2) is 5.96 Å². The van der Waals surface area contributed by atoms with Crippen LogP contribution in [0.25, 0.3) is 0 Å². The second-order valence-corrected chi connectivity index (χ2v) is 7.17.